The Labute approximate surface area is 113 Å². The van der Waals surface area contributed by atoms with Gasteiger partial charge in [-0.1, -0.05) is 31.2 Å². The second-order valence-electron chi connectivity index (χ2n) is 4.74. The standard InChI is InChI=1S/C15H19NOS/c1-3-9-16-10-12(2)14(15(16)17)11-18-13-7-5-4-6-8-13/h3-8,12,14H,1,9-11H2,2H3/t12-,14+/m1/s1. The van der Waals surface area contributed by atoms with Gasteiger partial charge >= 0.3 is 0 Å². The summed E-state index contributed by atoms with van der Waals surface area (Å²) in [4.78, 5) is 15.3. The van der Waals surface area contributed by atoms with Crippen molar-refractivity contribution in [2.24, 2.45) is 11.8 Å². The van der Waals surface area contributed by atoms with Gasteiger partial charge in [-0.3, -0.25) is 4.79 Å². The van der Waals surface area contributed by atoms with E-state index >= 15 is 0 Å². The van der Waals surface area contributed by atoms with Gasteiger partial charge in [-0.05, 0) is 18.1 Å². The molecular formula is C15H19NOS. The number of carbonyl (C=O) groups excluding carboxylic acids is 1. The summed E-state index contributed by atoms with van der Waals surface area (Å²) >= 11 is 1.77. The van der Waals surface area contributed by atoms with E-state index in [4.69, 9.17) is 0 Å². The van der Waals surface area contributed by atoms with E-state index in [0.717, 1.165) is 12.3 Å². The molecule has 0 aromatic heterocycles. The van der Waals surface area contributed by atoms with Crippen LogP contribution in [0.25, 0.3) is 0 Å². The van der Waals surface area contributed by atoms with Crippen molar-refractivity contribution in [2.45, 2.75) is 11.8 Å². The Morgan fingerprint density at radius 3 is 2.83 bits per heavy atom. The maximum absolute atomic E-state index is 12.2. The third-order valence-electron chi connectivity index (χ3n) is 3.35. The van der Waals surface area contributed by atoms with Crippen molar-refractivity contribution in [3.8, 4) is 0 Å². The normalized spacial score (nSPS) is 23.4. The van der Waals surface area contributed by atoms with E-state index in [2.05, 4.69) is 25.6 Å². The fourth-order valence-corrected chi connectivity index (χ4v) is 3.49. The molecule has 1 amide bonds. The van der Waals surface area contributed by atoms with Gasteiger partial charge in [-0.2, -0.15) is 0 Å². The number of benzene rings is 1. The van der Waals surface area contributed by atoms with Crippen LogP contribution in [0.15, 0.2) is 47.9 Å². The van der Waals surface area contributed by atoms with Crippen molar-refractivity contribution >= 4 is 17.7 Å². The number of hydrogen-bond donors (Lipinski definition) is 0. The van der Waals surface area contributed by atoms with Crippen molar-refractivity contribution < 1.29 is 4.79 Å². The van der Waals surface area contributed by atoms with Gasteiger partial charge in [0, 0.05) is 23.7 Å². The fourth-order valence-electron chi connectivity index (χ4n) is 2.30. The summed E-state index contributed by atoms with van der Waals surface area (Å²) in [7, 11) is 0. The third kappa shape index (κ3) is 2.96. The highest BCUT2D eigenvalue weighted by Crippen LogP contribution is 2.30. The SMILES string of the molecule is C=CCN1C[C@@H](C)[C@H](CSc2ccccc2)C1=O. The summed E-state index contributed by atoms with van der Waals surface area (Å²) in [6.07, 6.45) is 1.80. The van der Waals surface area contributed by atoms with Crippen molar-refractivity contribution in [3.63, 3.8) is 0 Å². The Morgan fingerprint density at radius 2 is 2.17 bits per heavy atom. The fraction of sp³-hybridized carbons (Fsp3) is 0.400. The predicted molar refractivity (Wildman–Crippen MR) is 76.6 cm³/mol. The second kappa shape index (κ2) is 6.10. The molecule has 0 spiro atoms. The summed E-state index contributed by atoms with van der Waals surface area (Å²) in [5, 5.41) is 0. The van der Waals surface area contributed by atoms with Crippen LogP contribution in [0.4, 0.5) is 0 Å². The summed E-state index contributed by atoms with van der Waals surface area (Å²) < 4.78 is 0. The Morgan fingerprint density at radius 1 is 1.44 bits per heavy atom. The van der Waals surface area contributed by atoms with Gasteiger partial charge in [-0.25, -0.2) is 0 Å². The van der Waals surface area contributed by atoms with Crippen molar-refractivity contribution in [2.75, 3.05) is 18.8 Å². The molecule has 0 aliphatic carbocycles. The molecule has 0 saturated carbocycles. The lowest BCUT2D eigenvalue weighted by atomic mass is 10.0. The highest BCUT2D eigenvalue weighted by molar-refractivity contribution is 7.99. The zero-order valence-electron chi connectivity index (χ0n) is 10.7. The minimum absolute atomic E-state index is 0.148. The molecule has 2 rings (SSSR count). The molecule has 3 heteroatoms. The topological polar surface area (TPSA) is 20.3 Å². The molecule has 1 heterocycles. The predicted octanol–water partition coefficient (Wildman–Crippen LogP) is 3.06. The van der Waals surface area contributed by atoms with Crippen LogP contribution < -0.4 is 0 Å². The number of rotatable bonds is 5. The minimum atomic E-state index is 0.148. The Balaban J connectivity index is 1.93. The van der Waals surface area contributed by atoms with E-state index in [1.54, 1.807) is 17.8 Å². The molecule has 2 nitrogen and oxygen atoms in total. The summed E-state index contributed by atoms with van der Waals surface area (Å²) in [6.45, 7) is 7.41. The van der Waals surface area contributed by atoms with Gasteiger partial charge in [0.2, 0.25) is 5.91 Å². The van der Waals surface area contributed by atoms with Crippen LogP contribution in [0.1, 0.15) is 6.92 Å². The van der Waals surface area contributed by atoms with Gasteiger partial charge in [0.1, 0.15) is 0 Å². The zero-order chi connectivity index (χ0) is 13.0. The molecule has 18 heavy (non-hydrogen) atoms. The lowest BCUT2D eigenvalue weighted by molar-refractivity contribution is -0.130. The van der Waals surface area contributed by atoms with Crippen LogP contribution in [-0.2, 0) is 4.79 Å². The number of hydrogen-bond acceptors (Lipinski definition) is 2. The molecule has 1 aliphatic rings. The maximum atomic E-state index is 12.2. The highest BCUT2D eigenvalue weighted by atomic mass is 32.2. The second-order valence-corrected chi connectivity index (χ2v) is 5.83. The zero-order valence-corrected chi connectivity index (χ0v) is 11.5. The molecule has 1 aromatic rings. The lowest BCUT2D eigenvalue weighted by Gasteiger charge is -2.13. The van der Waals surface area contributed by atoms with E-state index in [9.17, 15) is 4.79 Å². The van der Waals surface area contributed by atoms with Gasteiger partial charge in [0.05, 0.1) is 5.92 Å². The summed E-state index contributed by atoms with van der Waals surface area (Å²) in [6, 6.07) is 10.3. The van der Waals surface area contributed by atoms with Gasteiger partial charge in [0.15, 0.2) is 0 Å². The maximum Gasteiger partial charge on any atom is 0.227 e. The molecule has 0 radical (unpaired) electrons. The number of thioether (sulfide) groups is 1. The Hall–Kier alpha value is -1.22. The lowest BCUT2D eigenvalue weighted by Crippen LogP contribution is -2.28. The summed E-state index contributed by atoms with van der Waals surface area (Å²) in [5.41, 5.74) is 0. The molecule has 1 aromatic carbocycles. The molecular weight excluding hydrogens is 242 g/mol. The van der Waals surface area contributed by atoms with Crippen molar-refractivity contribution in [1.29, 1.82) is 0 Å². The van der Waals surface area contributed by atoms with E-state index in [1.165, 1.54) is 4.90 Å². The first-order valence-corrected chi connectivity index (χ1v) is 7.28. The largest absolute Gasteiger partial charge is 0.338 e. The van der Waals surface area contributed by atoms with Gasteiger partial charge in [0.25, 0.3) is 0 Å². The first kappa shape index (κ1) is 13.2. The number of nitrogens with zero attached hydrogens (tertiary/aromatic N) is 1. The van der Waals surface area contributed by atoms with Crippen LogP contribution in [0.3, 0.4) is 0 Å². The Kier molecular flexibility index (Phi) is 4.48. The van der Waals surface area contributed by atoms with Crippen molar-refractivity contribution in [3.05, 3.63) is 43.0 Å². The number of likely N-dealkylation sites (tertiary alicyclic amines) is 1. The van der Waals surface area contributed by atoms with E-state index in [0.29, 0.717) is 12.5 Å². The van der Waals surface area contributed by atoms with Crippen LogP contribution >= 0.6 is 11.8 Å². The van der Waals surface area contributed by atoms with Gasteiger partial charge in [-0.15, -0.1) is 18.3 Å². The summed E-state index contributed by atoms with van der Waals surface area (Å²) in [5.74, 6) is 1.74. The van der Waals surface area contributed by atoms with E-state index < -0.39 is 0 Å². The first-order chi connectivity index (χ1) is 8.72. The molecule has 1 saturated heterocycles. The molecule has 1 fully saturated rings. The van der Waals surface area contributed by atoms with Gasteiger partial charge < -0.3 is 4.90 Å². The monoisotopic (exact) mass is 261 g/mol. The Bertz CT molecular complexity index is 418. The van der Waals surface area contributed by atoms with E-state index in [1.807, 2.05) is 23.1 Å². The highest BCUT2D eigenvalue weighted by Gasteiger charge is 2.36. The molecule has 0 unspecified atom stereocenters. The molecule has 1 aliphatic heterocycles. The van der Waals surface area contributed by atoms with Crippen LogP contribution in [0.5, 0.6) is 0 Å². The quantitative estimate of drug-likeness (QED) is 0.600. The molecule has 0 N–H and O–H groups in total. The molecule has 96 valence electrons. The number of carbonyl (C=O) groups is 1. The molecule has 0 bridgehead atoms. The first-order valence-electron chi connectivity index (χ1n) is 6.30. The minimum Gasteiger partial charge on any atom is -0.338 e. The third-order valence-corrected chi connectivity index (χ3v) is 4.48. The molecule has 2 atom stereocenters. The van der Waals surface area contributed by atoms with E-state index in [-0.39, 0.29) is 11.8 Å². The van der Waals surface area contributed by atoms with Crippen LogP contribution in [0, 0.1) is 11.8 Å². The number of amides is 1. The van der Waals surface area contributed by atoms with Crippen LogP contribution in [-0.4, -0.2) is 29.6 Å². The average molecular weight is 261 g/mol. The average Bonchev–Trinajstić information content (AvgIpc) is 2.64. The van der Waals surface area contributed by atoms with Crippen LogP contribution in [0.2, 0.25) is 0 Å². The van der Waals surface area contributed by atoms with Crippen molar-refractivity contribution in [1.82, 2.24) is 4.90 Å². The smallest absolute Gasteiger partial charge is 0.227 e.